The van der Waals surface area contributed by atoms with Gasteiger partial charge in [-0.15, -0.1) is 0 Å². The molecule has 0 heterocycles. The molecule has 17 heavy (non-hydrogen) atoms. The summed E-state index contributed by atoms with van der Waals surface area (Å²) in [5, 5.41) is 0. The first-order valence-electron chi connectivity index (χ1n) is 7.30. The average molecular weight is 256 g/mol. The van der Waals surface area contributed by atoms with Gasteiger partial charge in [-0.2, -0.15) is 0 Å². The van der Waals surface area contributed by atoms with Crippen LogP contribution in [0.1, 0.15) is 52.4 Å². The van der Waals surface area contributed by atoms with Crippen molar-refractivity contribution in [1.82, 2.24) is 0 Å². The Bertz CT molecular complexity index is 219. The van der Waals surface area contributed by atoms with Crippen molar-refractivity contribution < 1.29 is 8.85 Å². The fourth-order valence-electron chi connectivity index (χ4n) is 3.88. The molecule has 100 valence electrons. The van der Waals surface area contributed by atoms with Crippen LogP contribution in [0.4, 0.5) is 0 Å². The smallest absolute Gasteiger partial charge is 0.344 e. The molecule has 0 saturated heterocycles. The van der Waals surface area contributed by atoms with E-state index in [9.17, 15) is 0 Å². The van der Waals surface area contributed by atoms with Gasteiger partial charge in [0.15, 0.2) is 0 Å². The molecule has 0 unspecified atom stereocenters. The van der Waals surface area contributed by atoms with Gasteiger partial charge in [0.2, 0.25) is 0 Å². The standard InChI is InChI=1S/C14H28O2Si/c1-5-11-7-13(8-11)17(15-3,16-4)14-9-12(6-2)10-14/h11-14H,5-10H2,1-4H3. The summed E-state index contributed by atoms with van der Waals surface area (Å²) in [6, 6.07) is 0. The minimum atomic E-state index is -1.89. The van der Waals surface area contributed by atoms with Gasteiger partial charge in [0.25, 0.3) is 0 Å². The summed E-state index contributed by atoms with van der Waals surface area (Å²) < 4.78 is 12.0. The van der Waals surface area contributed by atoms with E-state index in [2.05, 4.69) is 13.8 Å². The molecule has 0 aliphatic heterocycles. The third kappa shape index (κ3) is 2.22. The minimum absolute atomic E-state index is 0.769. The summed E-state index contributed by atoms with van der Waals surface area (Å²) >= 11 is 0. The Morgan fingerprint density at radius 1 is 0.824 bits per heavy atom. The van der Waals surface area contributed by atoms with Crippen molar-refractivity contribution in [1.29, 1.82) is 0 Å². The maximum absolute atomic E-state index is 6.00. The average Bonchev–Trinajstić information content (AvgIpc) is 2.23. The lowest BCUT2D eigenvalue weighted by atomic mass is 9.82. The van der Waals surface area contributed by atoms with Gasteiger partial charge < -0.3 is 8.85 Å². The molecule has 2 aliphatic rings. The van der Waals surface area contributed by atoms with E-state index < -0.39 is 8.56 Å². The largest absolute Gasteiger partial charge is 0.397 e. The van der Waals surface area contributed by atoms with E-state index in [1.54, 1.807) is 0 Å². The van der Waals surface area contributed by atoms with Gasteiger partial charge in [0.05, 0.1) is 0 Å². The molecule has 2 fully saturated rings. The fourth-order valence-corrected chi connectivity index (χ4v) is 8.69. The molecule has 0 aromatic carbocycles. The van der Waals surface area contributed by atoms with Gasteiger partial charge in [-0.3, -0.25) is 0 Å². The molecule has 0 aromatic heterocycles. The van der Waals surface area contributed by atoms with Crippen LogP contribution in [0.25, 0.3) is 0 Å². The first kappa shape index (κ1) is 13.6. The number of hydrogen-bond donors (Lipinski definition) is 0. The molecule has 0 radical (unpaired) electrons. The Morgan fingerprint density at radius 3 is 1.41 bits per heavy atom. The second kappa shape index (κ2) is 5.41. The lowest BCUT2D eigenvalue weighted by Crippen LogP contribution is -2.56. The molecule has 0 N–H and O–H groups in total. The number of rotatable bonds is 6. The van der Waals surface area contributed by atoms with E-state index in [4.69, 9.17) is 8.85 Å². The summed E-state index contributed by atoms with van der Waals surface area (Å²) in [6.07, 6.45) is 8.10. The fraction of sp³-hybridized carbons (Fsp3) is 1.00. The van der Waals surface area contributed by atoms with Crippen LogP contribution in [0.3, 0.4) is 0 Å². The van der Waals surface area contributed by atoms with Crippen LogP contribution in [-0.4, -0.2) is 22.8 Å². The van der Waals surface area contributed by atoms with Gasteiger partial charge in [-0.25, -0.2) is 0 Å². The van der Waals surface area contributed by atoms with Crippen molar-refractivity contribution in [3.8, 4) is 0 Å². The zero-order chi connectivity index (χ0) is 12.5. The minimum Gasteiger partial charge on any atom is -0.397 e. The van der Waals surface area contributed by atoms with Crippen molar-refractivity contribution in [3.05, 3.63) is 0 Å². The summed E-state index contributed by atoms with van der Waals surface area (Å²) in [5.74, 6) is 1.89. The first-order valence-corrected chi connectivity index (χ1v) is 9.27. The zero-order valence-electron chi connectivity index (χ0n) is 11.9. The predicted molar refractivity (Wildman–Crippen MR) is 73.3 cm³/mol. The van der Waals surface area contributed by atoms with Crippen molar-refractivity contribution in [2.24, 2.45) is 11.8 Å². The third-order valence-corrected chi connectivity index (χ3v) is 9.90. The van der Waals surface area contributed by atoms with Gasteiger partial charge in [-0.1, -0.05) is 26.7 Å². The predicted octanol–water partition coefficient (Wildman–Crippen LogP) is 4.10. The van der Waals surface area contributed by atoms with Crippen LogP contribution >= 0.6 is 0 Å². The van der Waals surface area contributed by atoms with Crippen molar-refractivity contribution in [3.63, 3.8) is 0 Å². The van der Waals surface area contributed by atoms with Crippen molar-refractivity contribution >= 4 is 8.56 Å². The van der Waals surface area contributed by atoms with Crippen LogP contribution in [-0.2, 0) is 8.85 Å². The maximum Gasteiger partial charge on any atom is 0.344 e. The van der Waals surface area contributed by atoms with E-state index in [0.29, 0.717) is 0 Å². The Hall–Kier alpha value is 0.137. The van der Waals surface area contributed by atoms with Crippen LogP contribution in [0.2, 0.25) is 11.1 Å². The molecule has 0 bridgehead atoms. The van der Waals surface area contributed by atoms with E-state index in [-0.39, 0.29) is 0 Å². The molecule has 2 nitrogen and oxygen atoms in total. The Labute approximate surface area is 107 Å². The van der Waals surface area contributed by atoms with Gasteiger partial charge >= 0.3 is 8.56 Å². The molecule has 0 aromatic rings. The SMILES string of the molecule is CCC1CC([Si](OC)(OC)C2CC(CC)C2)C1. The van der Waals surface area contributed by atoms with E-state index in [1.807, 2.05) is 14.2 Å². The molecule has 0 amide bonds. The molecule has 2 saturated carbocycles. The highest BCUT2D eigenvalue weighted by molar-refractivity contribution is 6.71. The van der Waals surface area contributed by atoms with E-state index in [0.717, 1.165) is 22.9 Å². The van der Waals surface area contributed by atoms with Crippen molar-refractivity contribution in [2.75, 3.05) is 14.2 Å². The van der Waals surface area contributed by atoms with Crippen LogP contribution in [0.5, 0.6) is 0 Å². The Balaban J connectivity index is 1.96. The molecular weight excluding hydrogens is 228 g/mol. The molecule has 0 atom stereocenters. The quantitative estimate of drug-likeness (QED) is 0.666. The Morgan fingerprint density at radius 2 is 1.18 bits per heavy atom. The summed E-state index contributed by atoms with van der Waals surface area (Å²) in [4.78, 5) is 0. The second-order valence-electron chi connectivity index (χ2n) is 6.01. The van der Waals surface area contributed by atoms with Gasteiger partial charge in [0.1, 0.15) is 0 Å². The normalized spacial score (nSPS) is 37.4. The molecule has 2 aliphatic carbocycles. The monoisotopic (exact) mass is 256 g/mol. The topological polar surface area (TPSA) is 18.5 Å². The zero-order valence-corrected chi connectivity index (χ0v) is 12.9. The van der Waals surface area contributed by atoms with Gasteiger partial charge in [-0.05, 0) is 37.5 Å². The second-order valence-corrected chi connectivity index (χ2v) is 9.91. The lowest BCUT2D eigenvalue weighted by Gasteiger charge is -2.52. The highest BCUT2D eigenvalue weighted by Crippen LogP contribution is 2.57. The van der Waals surface area contributed by atoms with Crippen LogP contribution < -0.4 is 0 Å². The molecular formula is C14H28O2Si. The number of hydrogen-bond acceptors (Lipinski definition) is 2. The summed E-state index contributed by atoms with van der Waals surface area (Å²) in [6.45, 7) is 4.61. The molecule has 3 heteroatoms. The van der Waals surface area contributed by atoms with Crippen molar-refractivity contribution in [2.45, 2.75) is 63.5 Å². The third-order valence-electron chi connectivity index (χ3n) is 5.40. The van der Waals surface area contributed by atoms with Gasteiger partial charge in [0, 0.05) is 25.3 Å². The van der Waals surface area contributed by atoms with Crippen LogP contribution in [0.15, 0.2) is 0 Å². The highest BCUT2D eigenvalue weighted by Gasteiger charge is 2.58. The lowest BCUT2D eigenvalue weighted by molar-refractivity contribution is 0.136. The summed E-state index contributed by atoms with van der Waals surface area (Å²) in [5.41, 5.74) is 1.54. The molecule has 0 spiro atoms. The first-order chi connectivity index (χ1) is 8.20. The maximum atomic E-state index is 6.00. The van der Waals surface area contributed by atoms with Crippen LogP contribution in [0, 0.1) is 11.8 Å². The van der Waals surface area contributed by atoms with E-state index in [1.165, 1.54) is 38.5 Å². The Kier molecular flexibility index (Phi) is 4.32. The van der Waals surface area contributed by atoms with E-state index >= 15 is 0 Å². The summed E-state index contributed by atoms with van der Waals surface area (Å²) in [7, 11) is 1.90. The molecule has 2 rings (SSSR count). The highest BCUT2D eigenvalue weighted by atomic mass is 28.4.